The Kier molecular flexibility index (Phi) is 3.73. The van der Waals surface area contributed by atoms with E-state index < -0.39 is 0 Å². The molecule has 1 nitrogen and oxygen atoms in total. The van der Waals surface area contributed by atoms with Crippen molar-refractivity contribution < 1.29 is 32.7 Å². The second-order valence-corrected chi connectivity index (χ2v) is 4.66. The van der Waals surface area contributed by atoms with Crippen LogP contribution in [-0.2, 0) is 32.7 Å². The Balaban J connectivity index is 0.00000121. The van der Waals surface area contributed by atoms with Crippen LogP contribution in [0.1, 0.15) is 0 Å². The molecule has 0 saturated heterocycles. The van der Waals surface area contributed by atoms with E-state index in [9.17, 15) is 0 Å². The molecule has 1 heterocycles. The predicted molar refractivity (Wildman–Crippen MR) is 78.9 cm³/mol. The van der Waals surface area contributed by atoms with E-state index in [1.54, 1.807) is 0 Å². The summed E-state index contributed by atoms with van der Waals surface area (Å²) < 4.78 is 0. The van der Waals surface area contributed by atoms with Gasteiger partial charge in [-0.05, 0) is 10.8 Å². The zero-order valence-electron chi connectivity index (χ0n) is 10.9. The fraction of sp³-hybridized carbons (Fsp3) is 0. The van der Waals surface area contributed by atoms with Crippen molar-refractivity contribution in [3.63, 3.8) is 0 Å². The standard InChI is InChI=1S/C18H11N.Y/c1-2-5-14-11-18-15(10-13(14)4-1)6-3-7-17(18)16-8-9-19-12-16;/h1-6,8-11,19H;/q-2;. The summed E-state index contributed by atoms with van der Waals surface area (Å²) in [6.45, 7) is 0. The van der Waals surface area contributed by atoms with Gasteiger partial charge < -0.3 is 4.98 Å². The summed E-state index contributed by atoms with van der Waals surface area (Å²) in [4.78, 5) is 2.99. The van der Waals surface area contributed by atoms with Crippen LogP contribution in [0.4, 0.5) is 0 Å². The first-order chi connectivity index (χ1) is 9.42. The van der Waals surface area contributed by atoms with Gasteiger partial charge in [0.2, 0.25) is 0 Å². The summed E-state index contributed by atoms with van der Waals surface area (Å²) in [5.74, 6) is 0. The van der Waals surface area contributed by atoms with Crippen LogP contribution in [0.2, 0.25) is 0 Å². The van der Waals surface area contributed by atoms with Crippen LogP contribution < -0.4 is 0 Å². The molecular weight excluding hydrogens is 319 g/mol. The summed E-state index contributed by atoms with van der Waals surface area (Å²) in [5, 5.41) is 4.98. The monoisotopic (exact) mass is 330 g/mol. The van der Waals surface area contributed by atoms with Gasteiger partial charge in [0.25, 0.3) is 0 Å². The van der Waals surface area contributed by atoms with Crippen molar-refractivity contribution in [3.8, 4) is 11.1 Å². The first kappa shape index (κ1) is 13.5. The maximum Gasteiger partial charge on any atom is 0 e. The summed E-state index contributed by atoms with van der Waals surface area (Å²) in [6.07, 6.45) is 5.03. The second-order valence-electron chi connectivity index (χ2n) is 4.66. The molecular formula is C18H11NY-2. The Hall–Kier alpha value is -1.44. The number of aromatic amines is 1. The molecule has 0 aliphatic heterocycles. The van der Waals surface area contributed by atoms with Gasteiger partial charge in [-0.15, -0.1) is 29.2 Å². The van der Waals surface area contributed by atoms with E-state index in [2.05, 4.69) is 59.7 Å². The molecule has 1 aromatic heterocycles. The van der Waals surface area contributed by atoms with Crippen molar-refractivity contribution in [1.29, 1.82) is 0 Å². The molecule has 2 heteroatoms. The number of hydrogen-bond acceptors (Lipinski definition) is 0. The van der Waals surface area contributed by atoms with E-state index in [-0.39, 0.29) is 32.7 Å². The smallest absolute Gasteiger partial charge is 0 e. The first-order valence-corrected chi connectivity index (χ1v) is 6.30. The van der Waals surface area contributed by atoms with Crippen molar-refractivity contribution >= 4 is 21.5 Å². The van der Waals surface area contributed by atoms with Crippen molar-refractivity contribution in [2.45, 2.75) is 0 Å². The quantitative estimate of drug-likeness (QED) is 0.388. The topological polar surface area (TPSA) is 15.8 Å². The number of nitrogens with one attached hydrogen (secondary N) is 1. The van der Waals surface area contributed by atoms with E-state index in [4.69, 9.17) is 0 Å². The first-order valence-electron chi connectivity index (χ1n) is 6.30. The Labute approximate surface area is 142 Å². The van der Waals surface area contributed by atoms with Crippen LogP contribution >= 0.6 is 0 Å². The largest absolute Gasteiger partial charge is 0.462 e. The molecule has 0 fully saturated rings. The van der Waals surface area contributed by atoms with Gasteiger partial charge in [0.15, 0.2) is 0 Å². The number of benzene rings is 3. The second kappa shape index (κ2) is 5.51. The van der Waals surface area contributed by atoms with Gasteiger partial charge in [-0.25, -0.2) is 17.2 Å². The van der Waals surface area contributed by atoms with Crippen molar-refractivity contribution in [2.24, 2.45) is 0 Å². The third kappa shape index (κ3) is 2.21. The Morgan fingerprint density at radius 2 is 1.65 bits per heavy atom. The molecule has 0 saturated carbocycles. The van der Waals surface area contributed by atoms with Gasteiger partial charge in [-0.2, -0.15) is 12.1 Å². The van der Waals surface area contributed by atoms with Crippen molar-refractivity contribution in [1.82, 2.24) is 4.98 Å². The molecule has 1 N–H and O–H groups in total. The summed E-state index contributed by atoms with van der Waals surface area (Å²) in [5.41, 5.74) is 2.16. The summed E-state index contributed by atoms with van der Waals surface area (Å²) >= 11 is 0. The minimum atomic E-state index is 0. The normalized spacial score (nSPS) is 10.6. The van der Waals surface area contributed by atoms with Crippen molar-refractivity contribution in [2.75, 3.05) is 0 Å². The molecule has 93 valence electrons. The molecule has 0 bridgehead atoms. The van der Waals surface area contributed by atoms with Crippen LogP contribution in [-0.4, -0.2) is 4.98 Å². The molecule has 0 amide bonds. The third-order valence-electron chi connectivity index (χ3n) is 3.49. The number of aromatic nitrogens is 1. The minimum absolute atomic E-state index is 0. The number of rotatable bonds is 1. The Morgan fingerprint density at radius 3 is 2.40 bits per heavy atom. The van der Waals surface area contributed by atoms with E-state index in [1.807, 2.05) is 18.3 Å². The van der Waals surface area contributed by atoms with Crippen molar-refractivity contribution in [3.05, 3.63) is 73.1 Å². The van der Waals surface area contributed by atoms with Crippen LogP contribution in [0.25, 0.3) is 32.7 Å². The Bertz CT molecular complexity index is 863. The molecule has 0 aliphatic carbocycles. The van der Waals surface area contributed by atoms with Crippen LogP contribution in [0, 0.1) is 12.3 Å². The van der Waals surface area contributed by atoms with Crippen LogP contribution in [0.15, 0.2) is 60.8 Å². The van der Waals surface area contributed by atoms with Crippen LogP contribution in [0.3, 0.4) is 0 Å². The zero-order chi connectivity index (χ0) is 12.7. The van der Waals surface area contributed by atoms with Gasteiger partial charge in [-0.3, -0.25) is 0 Å². The molecule has 0 spiro atoms. The number of fused-ring (bicyclic) bond motifs is 2. The third-order valence-corrected chi connectivity index (χ3v) is 3.49. The Morgan fingerprint density at radius 1 is 0.850 bits per heavy atom. The molecule has 1 radical (unpaired) electrons. The number of H-pyrrole nitrogens is 1. The average molecular weight is 330 g/mol. The van der Waals surface area contributed by atoms with E-state index in [1.165, 1.54) is 21.5 Å². The fourth-order valence-corrected chi connectivity index (χ4v) is 2.56. The summed E-state index contributed by atoms with van der Waals surface area (Å²) in [6, 6.07) is 22.3. The minimum Gasteiger partial charge on any atom is -0.462 e. The zero-order valence-corrected chi connectivity index (χ0v) is 13.7. The maximum atomic E-state index is 3.33. The van der Waals surface area contributed by atoms with Gasteiger partial charge in [0, 0.05) is 32.7 Å². The van der Waals surface area contributed by atoms with Crippen LogP contribution in [0.5, 0.6) is 0 Å². The average Bonchev–Trinajstić information content (AvgIpc) is 2.98. The number of hydrogen-bond donors (Lipinski definition) is 1. The molecule has 4 rings (SSSR count). The SMILES string of the molecule is [Y].[c-]1[nH]ccc1-c1[c-]ccc2cc3ccccc3cc12. The van der Waals surface area contributed by atoms with E-state index in [0.29, 0.717) is 0 Å². The molecule has 3 aromatic carbocycles. The van der Waals surface area contributed by atoms with Gasteiger partial charge in [0.1, 0.15) is 0 Å². The molecule has 0 unspecified atom stereocenters. The predicted octanol–water partition coefficient (Wildman–Crippen LogP) is 4.59. The molecule has 0 atom stereocenters. The van der Waals surface area contributed by atoms with Gasteiger partial charge in [-0.1, -0.05) is 36.4 Å². The van der Waals surface area contributed by atoms with Gasteiger partial charge in [0.05, 0.1) is 0 Å². The molecule has 0 aliphatic rings. The maximum absolute atomic E-state index is 3.33. The fourth-order valence-electron chi connectivity index (χ4n) is 2.56. The molecule has 4 aromatic rings. The van der Waals surface area contributed by atoms with E-state index >= 15 is 0 Å². The van der Waals surface area contributed by atoms with Gasteiger partial charge >= 0.3 is 0 Å². The van der Waals surface area contributed by atoms with E-state index in [0.717, 1.165) is 11.1 Å². The summed E-state index contributed by atoms with van der Waals surface area (Å²) in [7, 11) is 0. The molecule has 20 heavy (non-hydrogen) atoms.